The van der Waals surface area contributed by atoms with Gasteiger partial charge in [0, 0.05) is 30.4 Å². The van der Waals surface area contributed by atoms with Crippen molar-refractivity contribution in [2.24, 2.45) is 0 Å². The molecular weight excluding hydrogens is 408 g/mol. The summed E-state index contributed by atoms with van der Waals surface area (Å²) in [6.07, 6.45) is -1.78. The molecule has 1 amide bonds. The number of hydrogen-bond donors (Lipinski definition) is 3. The largest absolute Gasteiger partial charge is 0.491 e. The minimum Gasteiger partial charge on any atom is -0.491 e. The Morgan fingerprint density at radius 1 is 1.29 bits per heavy atom. The Morgan fingerprint density at radius 2 is 1.97 bits per heavy atom. The molecule has 31 heavy (non-hydrogen) atoms. The van der Waals surface area contributed by atoms with Crippen LogP contribution in [0.2, 0.25) is 0 Å². The molecule has 10 nitrogen and oxygen atoms in total. The van der Waals surface area contributed by atoms with Crippen molar-refractivity contribution in [1.82, 2.24) is 4.90 Å². The number of carbonyl (C=O) groups excluding carboxylic acids is 1. The number of benzene rings is 1. The zero-order valence-corrected chi connectivity index (χ0v) is 18.2. The number of rotatable bonds is 10. The number of fused-ring (bicyclic) bond motifs is 1. The fourth-order valence-corrected chi connectivity index (χ4v) is 3.57. The molecule has 3 unspecified atom stereocenters. The van der Waals surface area contributed by atoms with Crippen LogP contribution in [-0.2, 0) is 22.5 Å². The summed E-state index contributed by atoms with van der Waals surface area (Å²) in [4.78, 5) is 28.6. The molecular formula is C21H32N2O8. The summed E-state index contributed by atoms with van der Waals surface area (Å²) < 4.78 is 5.79. The van der Waals surface area contributed by atoms with Crippen LogP contribution in [0.25, 0.3) is 0 Å². The van der Waals surface area contributed by atoms with E-state index in [4.69, 9.17) is 4.74 Å². The van der Waals surface area contributed by atoms with Gasteiger partial charge in [0.25, 0.3) is 5.09 Å². The number of aliphatic hydroxyl groups excluding tert-OH is 3. The van der Waals surface area contributed by atoms with E-state index >= 15 is 0 Å². The first kappa shape index (κ1) is 24.8. The van der Waals surface area contributed by atoms with Gasteiger partial charge in [-0.1, -0.05) is 12.1 Å². The molecule has 0 bridgehead atoms. The molecule has 1 aromatic carbocycles. The molecule has 1 aliphatic rings. The van der Waals surface area contributed by atoms with E-state index in [9.17, 15) is 30.2 Å². The maximum absolute atomic E-state index is 12.6. The van der Waals surface area contributed by atoms with Gasteiger partial charge in [0.05, 0.1) is 25.4 Å². The summed E-state index contributed by atoms with van der Waals surface area (Å²) >= 11 is 0. The number of aliphatic hydroxyl groups is 3. The van der Waals surface area contributed by atoms with Gasteiger partial charge in [-0.05, 0) is 38.8 Å². The van der Waals surface area contributed by atoms with Gasteiger partial charge in [0.15, 0.2) is 0 Å². The summed E-state index contributed by atoms with van der Waals surface area (Å²) in [6.45, 7) is 5.33. The van der Waals surface area contributed by atoms with Gasteiger partial charge in [-0.2, -0.15) is 0 Å². The number of ether oxygens (including phenoxy) is 1. The van der Waals surface area contributed by atoms with E-state index in [0.717, 1.165) is 11.1 Å². The highest BCUT2D eigenvalue weighted by Gasteiger charge is 2.30. The zero-order valence-electron chi connectivity index (χ0n) is 18.2. The van der Waals surface area contributed by atoms with Crippen molar-refractivity contribution in [1.29, 1.82) is 0 Å². The highest BCUT2D eigenvalue weighted by molar-refractivity contribution is 5.77. The van der Waals surface area contributed by atoms with Gasteiger partial charge in [0.1, 0.15) is 18.5 Å². The monoisotopic (exact) mass is 440 g/mol. The normalized spacial score (nSPS) is 19.3. The molecule has 0 aromatic heterocycles. The smallest absolute Gasteiger partial charge is 0.294 e. The average molecular weight is 440 g/mol. The number of β-amino-alcohol motifs (C(OH)–C–C–N with tert-alkyl or cyclic N) is 1. The van der Waals surface area contributed by atoms with Crippen molar-refractivity contribution in [3.8, 4) is 5.75 Å². The lowest BCUT2D eigenvalue weighted by Crippen LogP contribution is -2.50. The lowest BCUT2D eigenvalue weighted by atomic mass is 9.87. The van der Waals surface area contributed by atoms with E-state index in [1.165, 1.54) is 4.90 Å². The highest BCUT2D eigenvalue weighted by Crippen LogP contribution is 2.30. The van der Waals surface area contributed by atoms with Crippen molar-refractivity contribution in [3.05, 3.63) is 39.4 Å². The standard InChI is InChI=1S/C21H32N2O8/c1-21(2,3)22(20(27)8-5-9-31-23(28)29)12-15(24)13-30-19-7-4-6-14-10-17(25)18(26)11-16(14)19/h4,6-7,15,17-18,24-26H,5,8-13H2,1-3H3. The van der Waals surface area contributed by atoms with E-state index in [2.05, 4.69) is 4.84 Å². The molecule has 0 spiro atoms. The maximum Gasteiger partial charge on any atom is 0.294 e. The fraction of sp³-hybridized carbons (Fsp3) is 0.667. The molecule has 2 rings (SSSR count). The van der Waals surface area contributed by atoms with Gasteiger partial charge < -0.3 is 29.8 Å². The molecule has 3 N–H and O–H groups in total. The number of amides is 1. The Hall–Kier alpha value is -2.43. The predicted molar refractivity (Wildman–Crippen MR) is 111 cm³/mol. The second-order valence-electron chi connectivity index (χ2n) is 8.74. The average Bonchev–Trinajstić information content (AvgIpc) is 2.67. The van der Waals surface area contributed by atoms with E-state index in [1.807, 2.05) is 26.8 Å². The van der Waals surface area contributed by atoms with Gasteiger partial charge in [0.2, 0.25) is 5.91 Å². The third-order valence-electron chi connectivity index (χ3n) is 5.18. The first-order valence-electron chi connectivity index (χ1n) is 10.3. The van der Waals surface area contributed by atoms with Gasteiger partial charge >= 0.3 is 0 Å². The summed E-state index contributed by atoms with van der Waals surface area (Å²) in [5.41, 5.74) is 1.14. The first-order valence-corrected chi connectivity index (χ1v) is 10.3. The zero-order chi connectivity index (χ0) is 23.2. The summed E-state index contributed by atoms with van der Waals surface area (Å²) in [7, 11) is 0. The van der Waals surface area contributed by atoms with Gasteiger partial charge in [-0.15, -0.1) is 10.1 Å². The lowest BCUT2D eigenvalue weighted by Gasteiger charge is -2.37. The quantitative estimate of drug-likeness (QED) is 0.276. The molecule has 0 fully saturated rings. The molecule has 174 valence electrons. The van der Waals surface area contributed by atoms with Crippen LogP contribution in [0.4, 0.5) is 0 Å². The van der Waals surface area contributed by atoms with Crippen LogP contribution >= 0.6 is 0 Å². The second-order valence-corrected chi connectivity index (χ2v) is 8.74. The van der Waals surface area contributed by atoms with E-state index < -0.39 is 28.9 Å². The van der Waals surface area contributed by atoms with E-state index in [0.29, 0.717) is 12.2 Å². The van der Waals surface area contributed by atoms with E-state index in [-0.39, 0.29) is 44.9 Å². The Kier molecular flexibility index (Phi) is 8.60. The van der Waals surface area contributed by atoms with Crippen LogP contribution in [0.3, 0.4) is 0 Å². The van der Waals surface area contributed by atoms with E-state index in [1.54, 1.807) is 12.1 Å². The molecule has 0 saturated carbocycles. The minimum absolute atomic E-state index is 0.0365. The third kappa shape index (κ3) is 7.34. The van der Waals surface area contributed by atoms with Crippen LogP contribution in [0.5, 0.6) is 5.75 Å². The van der Waals surface area contributed by atoms with Crippen molar-refractivity contribution in [2.45, 2.75) is 70.3 Å². The Bertz CT molecular complexity index is 764. The SMILES string of the molecule is CC(C)(C)N(CC(O)COc1cccc2c1CC(O)C(O)C2)C(=O)CCCO[N+](=O)[O-]. The van der Waals surface area contributed by atoms with Crippen molar-refractivity contribution in [3.63, 3.8) is 0 Å². The van der Waals surface area contributed by atoms with Crippen molar-refractivity contribution < 1.29 is 34.8 Å². The Morgan fingerprint density at radius 3 is 2.61 bits per heavy atom. The number of carbonyl (C=O) groups is 1. The van der Waals surface area contributed by atoms with Gasteiger partial charge in [-0.25, -0.2) is 0 Å². The molecule has 1 aromatic rings. The second kappa shape index (κ2) is 10.7. The van der Waals surface area contributed by atoms with Crippen molar-refractivity contribution in [2.75, 3.05) is 19.8 Å². The molecule has 3 atom stereocenters. The topological polar surface area (TPSA) is 143 Å². The molecule has 1 aliphatic carbocycles. The molecule has 0 heterocycles. The summed E-state index contributed by atoms with van der Waals surface area (Å²) in [5.74, 6) is 0.292. The molecule has 0 radical (unpaired) electrons. The van der Waals surface area contributed by atoms with Crippen LogP contribution in [0, 0.1) is 10.1 Å². The van der Waals surface area contributed by atoms with Gasteiger partial charge in [-0.3, -0.25) is 4.79 Å². The predicted octanol–water partition coefficient (Wildman–Crippen LogP) is 0.862. The minimum atomic E-state index is -0.965. The van der Waals surface area contributed by atoms with Crippen LogP contribution < -0.4 is 4.74 Å². The van der Waals surface area contributed by atoms with Crippen LogP contribution in [0.1, 0.15) is 44.7 Å². The molecule has 0 saturated heterocycles. The Balaban J connectivity index is 1.95. The molecule has 10 heteroatoms. The van der Waals surface area contributed by atoms with Crippen molar-refractivity contribution >= 4 is 5.91 Å². The number of nitrogens with zero attached hydrogens (tertiary/aromatic N) is 2. The fourth-order valence-electron chi connectivity index (χ4n) is 3.57. The highest BCUT2D eigenvalue weighted by atomic mass is 16.9. The Labute approximate surface area is 181 Å². The lowest BCUT2D eigenvalue weighted by molar-refractivity contribution is -0.757. The first-order chi connectivity index (χ1) is 14.5. The summed E-state index contributed by atoms with van der Waals surface area (Å²) in [5, 5.41) is 39.7. The summed E-state index contributed by atoms with van der Waals surface area (Å²) in [6, 6.07) is 5.41. The molecule has 0 aliphatic heterocycles. The van der Waals surface area contributed by atoms with Crippen LogP contribution in [0.15, 0.2) is 18.2 Å². The third-order valence-corrected chi connectivity index (χ3v) is 5.18. The van der Waals surface area contributed by atoms with Crippen LogP contribution in [-0.4, -0.2) is 74.8 Å². The maximum atomic E-state index is 12.6. The number of hydrogen-bond acceptors (Lipinski definition) is 8.